The number of pyridine rings is 1. The molecule has 0 aliphatic carbocycles. The number of sulfonamides is 1. The average molecular weight is 277 g/mol. The van der Waals surface area contributed by atoms with Crippen LogP contribution in [0.4, 0.5) is 17.2 Å². The second-order valence-corrected chi connectivity index (χ2v) is 5.24. The van der Waals surface area contributed by atoms with Crippen LogP contribution in [-0.2, 0) is 10.0 Å². The lowest BCUT2D eigenvalue weighted by atomic mass is 10.3. The molecule has 7 nitrogen and oxygen atoms in total. The smallest absolute Gasteiger partial charge is 0.238 e. The van der Waals surface area contributed by atoms with Crippen molar-refractivity contribution in [3.05, 3.63) is 42.6 Å². The monoisotopic (exact) mass is 277 g/mol. The van der Waals surface area contributed by atoms with Gasteiger partial charge in [-0.05, 0) is 36.4 Å². The van der Waals surface area contributed by atoms with E-state index in [2.05, 4.69) is 15.2 Å². The van der Waals surface area contributed by atoms with Gasteiger partial charge >= 0.3 is 0 Å². The highest BCUT2D eigenvalue weighted by Crippen LogP contribution is 2.19. The molecular weight excluding hydrogens is 266 g/mol. The fraction of sp³-hybridized carbons (Fsp3) is 0. The summed E-state index contributed by atoms with van der Waals surface area (Å²) in [6.45, 7) is 0. The molecule has 1 heterocycles. The predicted molar refractivity (Wildman–Crippen MR) is 70.6 cm³/mol. The highest BCUT2D eigenvalue weighted by atomic mass is 32.2. The summed E-state index contributed by atoms with van der Waals surface area (Å²) in [7, 11) is -3.69. The minimum Gasteiger partial charge on any atom is -0.384 e. The lowest BCUT2D eigenvalue weighted by Gasteiger charge is -1.97. The molecule has 0 aliphatic rings. The van der Waals surface area contributed by atoms with E-state index >= 15 is 0 Å². The highest BCUT2D eigenvalue weighted by Gasteiger charge is 2.06. The number of benzene rings is 1. The molecule has 98 valence electrons. The third-order valence-corrected chi connectivity index (χ3v) is 3.15. The molecular formula is C11H11N5O2S. The number of nitrogens with two attached hydrogens (primary N) is 2. The van der Waals surface area contributed by atoms with Crippen molar-refractivity contribution >= 4 is 27.2 Å². The van der Waals surface area contributed by atoms with Crippen LogP contribution in [0, 0.1) is 0 Å². The SMILES string of the molecule is Nc1ccc(N=Nc2ccc(S(N)(=O)=O)cc2)cn1. The average Bonchev–Trinajstić information content (AvgIpc) is 2.37. The Morgan fingerprint density at radius 3 is 2.05 bits per heavy atom. The Kier molecular flexibility index (Phi) is 3.54. The first-order chi connectivity index (χ1) is 8.95. The Hall–Kier alpha value is -2.32. The van der Waals surface area contributed by atoms with Crippen molar-refractivity contribution in [1.29, 1.82) is 0 Å². The molecule has 0 atom stereocenters. The number of nitrogen functional groups attached to an aromatic ring is 1. The van der Waals surface area contributed by atoms with E-state index in [1.54, 1.807) is 12.1 Å². The Balaban J connectivity index is 2.18. The van der Waals surface area contributed by atoms with Crippen molar-refractivity contribution in [3.63, 3.8) is 0 Å². The summed E-state index contributed by atoms with van der Waals surface area (Å²) in [4.78, 5) is 3.89. The fourth-order valence-electron chi connectivity index (χ4n) is 1.27. The number of azo groups is 1. The molecule has 2 aromatic rings. The van der Waals surface area contributed by atoms with E-state index in [1.165, 1.54) is 30.5 Å². The molecule has 0 unspecified atom stereocenters. The maximum Gasteiger partial charge on any atom is 0.238 e. The normalized spacial score (nSPS) is 11.8. The van der Waals surface area contributed by atoms with Gasteiger partial charge in [-0.2, -0.15) is 5.11 Å². The van der Waals surface area contributed by atoms with E-state index in [0.29, 0.717) is 17.2 Å². The minimum absolute atomic E-state index is 0.0283. The number of aromatic nitrogens is 1. The molecule has 4 N–H and O–H groups in total. The van der Waals surface area contributed by atoms with Gasteiger partial charge in [0.2, 0.25) is 10.0 Å². The van der Waals surface area contributed by atoms with Crippen LogP contribution in [0.2, 0.25) is 0 Å². The first kappa shape index (κ1) is 13.1. The van der Waals surface area contributed by atoms with Crippen LogP contribution in [0.15, 0.2) is 57.7 Å². The van der Waals surface area contributed by atoms with E-state index in [0.717, 1.165) is 0 Å². The second kappa shape index (κ2) is 5.12. The minimum atomic E-state index is -3.69. The molecule has 0 spiro atoms. The highest BCUT2D eigenvalue weighted by molar-refractivity contribution is 7.89. The fourth-order valence-corrected chi connectivity index (χ4v) is 1.79. The third kappa shape index (κ3) is 3.57. The molecule has 0 fully saturated rings. The van der Waals surface area contributed by atoms with Gasteiger partial charge in [-0.3, -0.25) is 0 Å². The molecule has 0 saturated carbocycles. The van der Waals surface area contributed by atoms with Crippen molar-refractivity contribution in [2.24, 2.45) is 15.4 Å². The van der Waals surface area contributed by atoms with Crippen molar-refractivity contribution in [3.8, 4) is 0 Å². The van der Waals surface area contributed by atoms with Crippen LogP contribution in [0.1, 0.15) is 0 Å². The van der Waals surface area contributed by atoms with Gasteiger partial charge in [-0.15, -0.1) is 5.11 Å². The molecule has 8 heteroatoms. The van der Waals surface area contributed by atoms with Gasteiger partial charge in [0.05, 0.1) is 16.8 Å². The number of anilines is 1. The molecule has 0 bridgehead atoms. The quantitative estimate of drug-likeness (QED) is 0.829. The van der Waals surface area contributed by atoms with Crippen LogP contribution in [-0.4, -0.2) is 13.4 Å². The number of primary sulfonamides is 1. The zero-order valence-corrected chi connectivity index (χ0v) is 10.6. The topological polar surface area (TPSA) is 124 Å². The van der Waals surface area contributed by atoms with E-state index in [-0.39, 0.29) is 4.90 Å². The van der Waals surface area contributed by atoms with Gasteiger partial charge in [0.1, 0.15) is 11.5 Å². The number of hydrogen-bond donors (Lipinski definition) is 2. The van der Waals surface area contributed by atoms with Crippen molar-refractivity contribution in [2.75, 3.05) is 5.73 Å². The number of nitrogens with zero attached hydrogens (tertiary/aromatic N) is 3. The van der Waals surface area contributed by atoms with E-state index in [9.17, 15) is 8.42 Å². The van der Waals surface area contributed by atoms with Crippen LogP contribution < -0.4 is 10.9 Å². The standard InChI is InChI=1S/C11H11N5O2S/c12-11-6-3-9(7-14-11)16-15-8-1-4-10(5-2-8)19(13,17)18/h1-7H,(H2,12,14)(H2,13,17,18). The molecule has 2 rings (SSSR count). The molecule has 19 heavy (non-hydrogen) atoms. The molecule has 0 amide bonds. The van der Waals surface area contributed by atoms with E-state index in [4.69, 9.17) is 10.9 Å². The summed E-state index contributed by atoms with van der Waals surface area (Å²) in [6, 6.07) is 9.03. The maximum atomic E-state index is 11.1. The number of hydrogen-bond acceptors (Lipinski definition) is 6. The lowest BCUT2D eigenvalue weighted by molar-refractivity contribution is 0.598. The van der Waals surface area contributed by atoms with Crippen molar-refractivity contribution in [1.82, 2.24) is 4.98 Å². The summed E-state index contributed by atoms with van der Waals surface area (Å²) in [5.74, 6) is 0.399. The lowest BCUT2D eigenvalue weighted by Crippen LogP contribution is -2.11. The van der Waals surface area contributed by atoms with Gasteiger partial charge in [0, 0.05) is 0 Å². The van der Waals surface area contributed by atoms with Crippen molar-refractivity contribution in [2.45, 2.75) is 4.90 Å². The third-order valence-electron chi connectivity index (χ3n) is 2.22. The molecule has 0 saturated heterocycles. The van der Waals surface area contributed by atoms with Gasteiger partial charge in [-0.1, -0.05) is 0 Å². The molecule has 1 aromatic carbocycles. The van der Waals surface area contributed by atoms with Gasteiger partial charge < -0.3 is 5.73 Å². The largest absolute Gasteiger partial charge is 0.384 e. The van der Waals surface area contributed by atoms with Crippen LogP contribution in [0.3, 0.4) is 0 Å². The zero-order chi connectivity index (χ0) is 13.9. The molecule has 0 radical (unpaired) electrons. The zero-order valence-electron chi connectivity index (χ0n) is 9.76. The first-order valence-electron chi connectivity index (χ1n) is 5.21. The van der Waals surface area contributed by atoms with Gasteiger partial charge in [0.25, 0.3) is 0 Å². The second-order valence-electron chi connectivity index (χ2n) is 3.68. The first-order valence-corrected chi connectivity index (χ1v) is 6.76. The van der Waals surface area contributed by atoms with Crippen molar-refractivity contribution < 1.29 is 8.42 Å². The molecule has 0 aliphatic heterocycles. The summed E-state index contributed by atoms with van der Waals surface area (Å²) in [5, 5.41) is 12.9. The Labute approximate surface area is 110 Å². The van der Waals surface area contributed by atoms with E-state index in [1.807, 2.05) is 0 Å². The Bertz CT molecular complexity index is 693. The van der Waals surface area contributed by atoms with E-state index < -0.39 is 10.0 Å². The molecule has 1 aromatic heterocycles. The summed E-state index contributed by atoms with van der Waals surface area (Å²) >= 11 is 0. The Morgan fingerprint density at radius 1 is 0.947 bits per heavy atom. The van der Waals surface area contributed by atoms with Crippen LogP contribution >= 0.6 is 0 Å². The summed E-state index contributed by atoms with van der Waals surface area (Å²) in [6.07, 6.45) is 1.48. The van der Waals surface area contributed by atoms with Gasteiger partial charge in [-0.25, -0.2) is 18.5 Å². The predicted octanol–water partition coefficient (Wildman–Crippen LogP) is 1.73. The maximum absolute atomic E-state index is 11.1. The van der Waals surface area contributed by atoms with Crippen LogP contribution in [0.25, 0.3) is 0 Å². The summed E-state index contributed by atoms with van der Waals surface area (Å²) in [5.41, 5.74) is 6.49. The summed E-state index contributed by atoms with van der Waals surface area (Å²) < 4.78 is 22.1. The van der Waals surface area contributed by atoms with Crippen LogP contribution in [0.5, 0.6) is 0 Å². The van der Waals surface area contributed by atoms with Gasteiger partial charge in [0.15, 0.2) is 0 Å². The Morgan fingerprint density at radius 2 is 1.53 bits per heavy atom. The number of rotatable bonds is 3.